The minimum Gasteiger partial charge on any atom is -0.507 e. The van der Waals surface area contributed by atoms with E-state index >= 15 is 0 Å². The number of phenolic OH excluding ortho intramolecular Hbond substituents is 1. The first-order valence-electron chi connectivity index (χ1n) is 9.45. The number of H-pyrrole nitrogens is 1. The maximum atomic E-state index is 13.4. The van der Waals surface area contributed by atoms with Gasteiger partial charge in [0.05, 0.1) is 6.04 Å². The SMILES string of the molecule is O=C1c2[nH]nc(-c3ccccc3O)c2C(c2cccc(Br)c2)N1Cc1cccnc1. The summed E-state index contributed by atoms with van der Waals surface area (Å²) in [5.41, 5.74) is 4.28. The van der Waals surface area contributed by atoms with Crippen molar-refractivity contribution in [2.24, 2.45) is 0 Å². The number of hydrogen-bond donors (Lipinski definition) is 2. The molecule has 2 aromatic carbocycles. The van der Waals surface area contributed by atoms with Crippen LogP contribution in [0.1, 0.15) is 33.2 Å². The fraction of sp³-hybridized carbons (Fsp3) is 0.0870. The second-order valence-electron chi connectivity index (χ2n) is 7.13. The Kier molecular flexibility index (Phi) is 4.59. The van der Waals surface area contributed by atoms with Gasteiger partial charge in [-0.3, -0.25) is 14.9 Å². The van der Waals surface area contributed by atoms with Gasteiger partial charge in [-0.15, -0.1) is 0 Å². The first kappa shape index (κ1) is 18.6. The van der Waals surface area contributed by atoms with Gasteiger partial charge in [0.1, 0.15) is 17.1 Å². The van der Waals surface area contributed by atoms with Crippen molar-refractivity contribution in [2.75, 3.05) is 0 Å². The highest BCUT2D eigenvalue weighted by Crippen LogP contribution is 2.45. The lowest BCUT2D eigenvalue weighted by Gasteiger charge is -2.26. The molecule has 3 heterocycles. The number of rotatable bonds is 4. The minimum atomic E-state index is -0.349. The molecule has 1 atom stereocenters. The fourth-order valence-corrected chi connectivity index (χ4v) is 4.37. The number of hydrogen-bond acceptors (Lipinski definition) is 4. The number of amides is 1. The molecule has 4 aromatic rings. The Hall–Kier alpha value is -3.45. The summed E-state index contributed by atoms with van der Waals surface area (Å²) in [6.45, 7) is 0.409. The van der Waals surface area contributed by atoms with E-state index in [2.05, 4.69) is 31.1 Å². The Morgan fingerprint density at radius 2 is 1.97 bits per heavy atom. The second kappa shape index (κ2) is 7.42. The number of carbonyl (C=O) groups excluding carboxylic acids is 1. The third-order valence-corrected chi connectivity index (χ3v) is 5.76. The monoisotopic (exact) mass is 460 g/mol. The lowest BCUT2D eigenvalue weighted by molar-refractivity contribution is 0.0730. The molecule has 1 aliphatic heterocycles. The molecule has 6 nitrogen and oxygen atoms in total. The van der Waals surface area contributed by atoms with Gasteiger partial charge in [0.25, 0.3) is 5.91 Å². The Labute approximate surface area is 181 Å². The summed E-state index contributed by atoms with van der Waals surface area (Å²) >= 11 is 3.54. The molecule has 30 heavy (non-hydrogen) atoms. The number of nitrogens with zero attached hydrogens (tertiary/aromatic N) is 3. The van der Waals surface area contributed by atoms with Crippen LogP contribution in [0.4, 0.5) is 0 Å². The summed E-state index contributed by atoms with van der Waals surface area (Å²) in [4.78, 5) is 19.3. The number of nitrogens with one attached hydrogen (secondary N) is 1. The molecule has 0 bridgehead atoms. The van der Waals surface area contributed by atoms with E-state index in [0.29, 0.717) is 23.5 Å². The number of aromatic hydroxyl groups is 1. The summed E-state index contributed by atoms with van der Waals surface area (Å²) in [5.74, 6) is -0.00838. The van der Waals surface area contributed by atoms with Gasteiger partial charge in [0.15, 0.2) is 0 Å². The zero-order chi connectivity index (χ0) is 20.7. The van der Waals surface area contributed by atoms with Crippen molar-refractivity contribution in [2.45, 2.75) is 12.6 Å². The molecule has 0 radical (unpaired) electrons. The van der Waals surface area contributed by atoms with Gasteiger partial charge < -0.3 is 10.0 Å². The molecule has 0 fully saturated rings. The Bertz CT molecular complexity index is 1240. The number of pyridine rings is 1. The van der Waals surface area contributed by atoms with E-state index in [1.165, 1.54) is 0 Å². The molecule has 0 aliphatic carbocycles. The molecule has 1 amide bonds. The second-order valence-corrected chi connectivity index (χ2v) is 8.05. The number of aromatic nitrogens is 3. The maximum Gasteiger partial charge on any atom is 0.273 e. The maximum absolute atomic E-state index is 13.4. The smallest absolute Gasteiger partial charge is 0.273 e. The van der Waals surface area contributed by atoms with Gasteiger partial charge in [-0.2, -0.15) is 5.10 Å². The van der Waals surface area contributed by atoms with E-state index in [-0.39, 0.29) is 17.7 Å². The fourth-order valence-electron chi connectivity index (χ4n) is 3.95. The average Bonchev–Trinajstić information content (AvgIpc) is 3.29. The number of phenols is 1. The van der Waals surface area contributed by atoms with Crippen molar-refractivity contribution >= 4 is 21.8 Å². The molecule has 0 saturated heterocycles. The van der Waals surface area contributed by atoms with Crippen molar-refractivity contribution in [1.29, 1.82) is 0 Å². The van der Waals surface area contributed by atoms with Gasteiger partial charge in [-0.25, -0.2) is 0 Å². The molecule has 1 unspecified atom stereocenters. The summed E-state index contributed by atoms with van der Waals surface area (Å²) in [6, 6.07) is 18.4. The van der Waals surface area contributed by atoms with Crippen LogP contribution in [0, 0.1) is 0 Å². The first-order valence-corrected chi connectivity index (χ1v) is 10.2. The molecule has 7 heteroatoms. The van der Waals surface area contributed by atoms with Crippen LogP contribution >= 0.6 is 15.9 Å². The highest BCUT2D eigenvalue weighted by atomic mass is 79.9. The summed E-state index contributed by atoms with van der Waals surface area (Å²) in [5, 5.41) is 17.7. The summed E-state index contributed by atoms with van der Waals surface area (Å²) < 4.78 is 0.926. The quantitative estimate of drug-likeness (QED) is 0.462. The Balaban J connectivity index is 1.68. The third-order valence-electron chi connectivity index (χ3n) is 5.26. The number of para-hydroxylation sites is 1. The van der Waals surface area contributed by atoms with Crippen LogP contribution in [0.15, 0.2) is 77.5 Å². The van der Waals surface area contributed by atoms with Gasteiger partial charge in [-0.05, 0) is 41.5 Å². The highest BCUT2D eigenvalue weighted by molar-refractivity contribution is 9.10. The lowest BCUT2D eigenvalue weighted by atomic mass is 9.95. The van der Waals surface area contributed by atoms with Crippen molar-refractivity contribution in [3.8, 4) is 17.0 Å². The third kappa shape index (κ3) is 3.07. The van der Waals surface area contributed by atoms with Crippen LogP contribution in [0.5, 0.6) is 5.75 Å². The topological polar surface area (TPSA) is 82.1 Å². The Morgan fingerprint density at radius 3 is 2.73 bits per heavy atom. The largest absolute Gasteiger partial charge is 0.507 e. The van der Waals surface area contributed by atoms with E-state index in [4.69, 9.17) is 0 Å². The number of benzene rings is 2. The zero-order valence-electron chi connectivity index (χ0n) is 15.8. The van der Waals surface area contributed by atoms with E-state index in [9.17, 15) is 9.90 Å². The number of aromatic amines is 1. The van der Waals surface area contributed by atoms with Gasteiger partial charge in [-0.1, -0.05) is 46.3 Å². The molecule has 148 valence electrons. The molecule has 0 saturated carbocycles. The molecular weight excluding hydrogens is 444 g/mol. The van der Waals surface area contributed by atoms with E-state index in [1.54, 1.807) is 30.6 Å². The van der Waals surface area contributed by atoms with Crippen LogP contribution < -0.4 is 0 Å². The first-order chi connectivity index (χ1) is 14.6. The van der Waals surface area contributed by atoms with Gasteiger partial charge >= 0.3 is 0 Å². The van der Waals surface area contributed by atoms with E-state index in [0.717, 1.165) is 21.2 Å². The molecular formula is C23H17BrN4O2. The van der Waals surface area contributed by atoms with Crippen LogP contribution in [0.3, 0.4) is 0 Å². The average molecular weight is 461 g/mol. The van der Waals surface area contributed by atoms with Crippen LogP contribution in [-0.2, 0) is 6.54 Å². The number of carbonyl (C=O) groups is 1. The van der Waals surface area contributed by atoms with Crippen molar-refractivity contribution in [3.63, 3.8) is 0 Å². The van der Waals surface area contributed by atoms with Gasteiger partial charge in [0.2, 0.25) is 0 Å². The molecule has 2 aromatic heterocycles. The van der Waals surface area contributed by atoms with E-state index < -0.39 is 0 Å². The molecule has 0 spiro atoms. The van der Waals surface area contributed by atoms with E-state index in [1.807, 2.05) is 47.4 Å². The molecule has 2 N–H and O–H groups in total. The van der Waals surface area contributed by atoms with Crippen molar-refractivity contribution in [3.05, 3.63) is 99.9 Å². The standard InChI is InChI=1S/C23H17BrN4O2/c24-16-7-3-6-15(11-16)22-19-20(17-8-1-2-9-18(17)29)26-27-21(19)23(30)28(22)13-14-5-4-10-25-12-14/h1-12,22,29H,13H2,(H,26,27). The summed E-state index contributed by atoms with van der Waals surface area (Å²) in [6.07, 6.45) is 3.48. The van der Waals surface area contributed by atoms with Crippen LogP contribution in [0.25, 0.3) is 11.3 Å². The zero-order valence-corrected chi connectivity index (χ0v) is 17.4. The molecule has 1 aliphatic rings. The van der Waals surface area contributed by atoms with Crippen LogP contribution in [-0.4, -0.2) is 31.1 Å². The Morgan fingerprint density at radius 1 is 1.10 bits per heavy atom. The number of fused-ring (bicyclic) bond motifs is 1. The van der Waals surface area contributed by atoms with Crippen LogP contribution in [0.2, 0.25) is 0 Å². The predicted octanol–water partition coefficient (Wildman–Crippen LogP) is 4.69. The summed E-state index contributed by atoms with van der Waals surface area (Å²) in [7, 11) is 0. The number of halogens is 1. The normalized spacial score (nSPS) is 15.4. The predicted molar refractivity (Wildman–Crippen MR) is 116 cm³/mol. The van der Waals surface area contributed by atoms with Crippen molar-refractivity contribution in [1.82, 2.24) is 20.1 Å². The van der Waals surface area contributed by atoms with Gasteiger partial charge in [0, 0.05) is 34.5 Å². The lowest BCUT2D eigenvalue weighted by Crippen LogP contribution is -2.29. The highest BCUT2D eigenvalue weighted by Gasteiger charge is 2.42. The molecule has 5 rings (SSSR count). The van der Waals surface area contributed by atoms with Crippen molar-refractivity contribution < 1.29 is 9.90 Å². The minimum absolute atomic E-state index is 0.123.